The first-order valence-corrected chi connectivity index (χ1v) is 6.09. The summed E-state index contributed by atoms with van der Waals surface area (Å²) in [4.78, 5) is 12.2. The van der Waals surface area contributed by atoms with E-state index in [0.29, 0.717) is 12.2 Å². The first kappa shape index (κ1) is 16.2. The second-order valence-electron chi connectivity index (χ2n) is 4.45. The summed E-state index contributed by atoms with van der Waals surface area (Å²) in [6.07, 6.45) is -1.13. The minimum atomic E-state index is -1.07. The number of anilines is 2. The Labute approximate surface area is 116 Å². The highest BCUT2D eigenvalue weighted by atomic mass is 16.6. The van der Waals surface area contributed by atoms with E-state index < -0.39 is 17.6 Å². The van der Waals surface area contributed by atoms with Gasteiger partial charge in [-0.3, -0.25) is 10.1 Å². The molecule has 8 nitrogen and oxygen atoms in total. The van der Waals surface area contributed by atoms with Crippen LogP contribution in [-0.2, 0) is 6.42 Å². The van der Waals surface area contributed by atoms with Gasteiger partial charge < -0.3 is 26.0 Å². The average Bonchev–Trinajstić information content (AvgIpc) is 2.38. The monoisotopic (exact) mass is 285 g/mol. The van der Waals surface area contributed by atoms with Crippen molar-refractivity contribution >= 4 is 17.1 Å². The molecule has 1 rings (SSSR count). The molecule has 5 N–H and O–H groups in total. The number of nitro benzene ring substituents is 1. The fourth-order valence-corrected chi connectivity index (χ4v) is 1.94. The molecule has 1 aromatic rings. The molecule has 8 heteroatoms. The highest BCUT2D eigenvalue weighted by molar-refractivity contribution is 5.79. The zero-order valence-corrected chi connectivity index (χ0v) is 11.2. The number of nitrogen functional groups attached to an aromatic ring is 1. The molecule has 112 valence electrons. The minimum absolute atomic E-state index is 0.0198. The van der Waals surface area contributed by atoms with Crippen molar-refractivity contribution in [1.82, 2.24) is 0 Å². The number of nitrogens with two attached hydrogens (primary N) is 1. The zero-order chi connectivity index (χ0) is 15.3. The molecule has 0 aliphatic rings. The predicted octanol–water partition coefficient (Wildman–Crippen LogP) is -0.499. The molecular weight excluding hydrogens is 266 g/mol. The molecule has 0 radical (unpaired) electrons. The Morgan fingerprint density at radius 1 is 1.45 bits per heavy atom. The summed E-state index contributed by atoms with van der Waals surface area (Å²) in [7, 11) is 1.66. The molecule has 1 atom stereocenters. The van der Waals surface area contributed by atoms with Crippen molar-refractivity contribution in [2.24, 2.45) is 0 Å². The quantitative estimate of drug-likeness (QED) is 0.301. The van der Waals surface area contributed by atoms with Gasteiger partial charge in [0.25, 0.3) is 5.69 Å². The normalized spacial score (nSPS) is 12.2. The van der Waals surface area contributed by atoms with Crippen LogP contribution in [0.3, 0.4) is 0 Å². The SMILES string of the molecule is CN(CCO)c1ccc(CC(O)CO)c([N+](=O)[O-])c1N. The zero-order valence-electron chi connectivity index (χ0n) is 11.2. The second-order valence-corrected chi connectivity index (χ2v) is 4.45. The number of likely N-dealkylation sites (N-methyl/N-ethyl adjacent to an activating group) is 1. The maximum Gasteiger partial charge on any atom is 0.297 e. The maximum atomic E-state index is 11.2. The van der Waals surface area contributed by atoms with Gasteiger partial charge in [-0.25, -0.2) is 0 Å². The lowest BCUT2D eigenvalue weighted by Crippen LogP contribution is -2.23. The van der Waals surface area contributed by atoms with Gasteiger partial charge in [-0.05, 0) is 12.1 Å². The fourth-order valence-electron chi connectivity index (χ4n) is 1.94. The van der Waals surface area contributed by atoms with E-state index in [-0.39, 0.29) is 30.0 Å². The van der Waals surface area contributed by atoms with Crippen molar-refractivity contribution < 1.29 is 20.2 Å². The van der Waals surface area contributed by atoms with Crippen molar-refractivity contribution in [1.29, 1.82) is 0 Å². The first-order valence-electron chi connectivity index (χ1n) is 6.09. The number of nitro groups is 1. The van der Waals surface area contributed by atoms with Crippen LogP contribution in [0.15, 0.2) is 12.1 Å². The third kappa shape index (κ3) is 3.56. The number of hydrogen-bond donors (Lipinski definition) is 4. The van der Waals surface area contributed by atoms with Gasteiger partial charge >= 0.3 is 0 Å². The molecule has 1 unspecified atom stereocenters. The summed E-state index contributed by atoms with van der Waals surface area (Å²) in [6.45, 7) is -0.294. The van der Waals surface area contributed by atoms with Gasteiger partial charge in [0.2, 0.25) is 0 Å². The third-order valence-electron chi connectivity index (χ3n) is 2.97. The van der Waals surface area contributed by atoms with Crippen molar-refractivity contribution in [3.8, 4) is 0 Å². The van der Waals surface area contributed by atoms with Crippen molar-refractivity contribution in [2.45, 2.75) is 12.5 Å². The number of aliphatic hydroxyl groups excluding tert-OH is 3. The standard InChI is InChI=1S/C12H19N3O5/c1-14(4-5-16)10-3-2-8(6-9(18)7-17)12(11(10)13)15(19)20/h2-3,9,16-18H,4-7,13H2,1H3. The second kappa shape index (κ2) is 7.04. The van der Waals surface area contributed by atoms with E-state index in [9.17, 15) is 15.2 Å². The number of aliphatic hydroxyl groups is 3. The molecule has 1 aromatic carbocycles. The number of nitrogens with zero attached hydrogens (tertiary/aromatic N) is 2. The summed E-state index contributed by atoms with van der Waals surface area (Å²) in [5, 5.41) is 38.3. The van der Waals surface area contributed by atoms with Crippen LogP contribution in [-0.4, -0.2) is 53.2 Å². The van der Waals surface area contributed by atoms with E-state index >= 15 is 0 Å². The molecule has 0 heterocycles. The van der Waals surface area contributed by atoms with E-state index in [1.807, 2.05) is 0 Å². The Morgan fingerprint density at radius 2 is 2.10 bits per heavy atom. The van der Waals surface area contributed by atoms with E-state index in [1.165, 1.54) is 6.07 Å². The van der Waals surface area contributed by atoms with Crippen LogP contribution in [0.25, 0.3) is 0 Å². The molecule has 0 spiro atoms. The molecule has 0 fully saturated rings. The van der Waals surface area contributed by atoms with Gasteiger partial charge in [-0.1, -0.05) is 0 Å². The van der Waals surface area contributed by atoms with Gasteiger partial charge in [-0.2, -0.15) is 0 Å². The first-order chi connectivity index (χ1) is 9.42. The minimum Gasteiger partial charge on any atom is -0.395 e. The Bertz CT molecular complexity index is 480. The maximum absolute atomic E-state index is 11.2. The predicted molar refractivity (Wildman–Crippen MR) is 74.7 cm³/mol. The van der Waals surface area contributed by atoms with Crippen LogP contribution >= 0.6 is 0 Å². The lowest BCUT2D eigenvalue weighted by molar-refractivity contribution is -0.384. The topological polar surface area (TPSA) is 133 Å². The highest BCUT2D eigenvalue weighted by Crippen LogP contribution is 2.35. The van der Waals surface area contributed by atoms with Gasteiger partial charge in [0, 0.05) is 25.6 Å². The van der Waals surface area contributed by atoms with Gasteiger partial charge in [-0.15, -0.1) is 0 Å². The number of benzene rings is 1. The van der Waals surface area contributed by atoms with E-state index in [2.05, 4.69) is 0 Å². The summed E-state index contributed by atoms with van der Waals surface area (Å²) in [5.74, 6) is 0. The molecular formula is C12H19N3O5. The number of rotatable bonds is 7. The van der Waals surface area contributed by atoms with E-state index in [1.54, 1.807) is 18.0 Å². The molecule has 0 aliphatic carbocycles. The largest absolute Gasteiger partial charge is 0.395 e. The fraction of sp³-hybridized carbons (Fsp3) is 0.500. The van der Waals surface area contributed by atoms with Gasteiger partial charge in [0.05, 0.1) is 29.9 Å². The number of hydrogen-bond acceptors (Lipinski definition) is 7. The molecule has 20 heavy (non-hydrogen) atoms. The van der Waals surface area contributed by atoms with Crippen molar-refractivity contribution in [2.75, 3.05) is 37.4 Å². The summed E-state index contributed by atoms with van der Waals surface area (Å²) >= 11 is 0. The van der Waals surface area contributed by atoms with Crippen LogP contribution in [0.2, 0.25) is 0 Å². The van der Waals surface area contributed by atoms with Crippen LogP contribution in [0.5, 0.6) is 0 Å². The summed E-state index contributed by atoms with van der Waals surface area (Å²) in [5.41, 5.74) is 6.22. The lowest BCUT2D eigenvalue weighted by Gasteiger charge is -2.21. The van der Waals surface area contributed by atoms with E-state index in [4.69, 9.17) is 15.9 Å². The highest BCUT2D eigenvalue weighted by Gasteiger charge is 2.23. The summed E-state index contributed by atoms with van der Waals surface area (Å²) in [6, 6.07) is 3.09. The van der Waals surface area contributed by atoms with E-state index in [0.717, 1.165) is 0 Å². The Kier molecular flexibility index (Phi) is 5.68. The Hall–Kier alpha value is -1.90. The molecule has 0 aromatic heterocycles. The average molecular weight is 285 g/mol. The van der Waals surface area contributed by atoms with Crippen LogP contribution in [0.1, 0.15) is 5.56 Å². The Balaban J connectivity index is 3.23. The molecule has 0 aliphatic heterocycles. The van der Waals surface area contributed by atoms with Crippen molar-refractivity contribution in [3.05, 3.63) is 27.8 Å². The van der Waals surface area contributed by atoms with Crippen LogP contribution in [0, 0.1) is 10.1 Å². The molecule has 0 amide bonds. The van der Waals surface area contributed by atoms with Crippen LogP contribution < -0.4 is 10.6 Å². The smallest absolute Gasteiger partial charge is 0.297 e. The van der Waals surface area contributed by atoms with Gasteiger partial charge in [0.1, 0.15) is 5.69 Å². The lowest BCUT2D eigenvalue weighted by atomic mass is 10.0. The van der Waals surface area contributed by atoms with Gasteiger partial charge in [0.15, 0.2) is 0 Å². The molecule has 0 saturated heterocycles. The van der Waals surface area contributed by atoms with Crippen LogP contribution in [0.4, 0.5) is 17.1 Å². The Morgan fingerprint density at radius 3 is 2.60 bits per heavy atom. The third-order valence-corrected chi connectivity index (χ3v) is 2.97. The summed E-state index contributed by atoms with van der Waals surface area (Å²) < 4.78 is 0. The van der Waals surface area contributed by atoms with Crippen molar-refractivity contribution in [3.63, 3.8) is 0 Å². The molecule has 0 saturated carbocycles. The molecule has 0 bridgehead atoms.